The Morgan fingerprint density at radius 3 is 3.00 bits per heavy atom. The van der Waals surface area contributed by atoms with Crippen LogP contribution < -0.4 is 5.63 Å². The summed E-state index contributed by atoms with van der Waals surface area (Å²) in [5, 5.41) is -0.0237. The van der Waals surface area contributed by atoms with Crippen molar-refractivity contribution in [3.63, 3.8) is 0 Å². The average molecular weight is 401 g/mol. The first-order chi connectivity index (χ1) is 12.9. The van der Waals surface area contributed by atoms with Crippen molar-refractivity contribution in [2.75, 3.05) is 12.4 Å². The second-order valence-corrected chi connectivity index (χ2v) is 8.26. The van der Waals surface area contributed by atoms with Crippen molar-refractivity contribution < 1.29 is 17.0 Å². The van der Waals surface area contributed by atoms with Crippen molar-refractivity contribution in [1.29, 1.82) is 0 Å². The number of fused-ring (bicyclic) bond motifs is 2. The molecule has 0 fully saturated rings. The molecule has 3 rings (SSSR count). The summed E-state index contributed by atoms with van der Waals surface area (Å²) in [5.41, 5.74) is 1.45. The number of nitrogens with zero attached hydrogens (tertiary/aromatic N) is 1. The van der Waals surface area contributed by atoms with E-state index in [9.17, 15) is 13.2 Å². The van der Waals surface area contributed by atoms with E-state index in [-0.39, 0.29) is 12.2 Å². The molecule has 0 bridgehead atoms. The van der Waals surface area contributed by atoms with Crippen molar-refractivity contribution in [2.24, 2.45) is 0 Å². The van der Waals surface area contributed by atoms with Gasteiger partial charge in [-0.15, -0.1) is 0 Å². The van der Waals surface area contributed by atoms with Crippen LogP contribution in [0, 0.1) is 18.4 Å². The van der Waals surface area contributed by atoms with Crippen LogP contribution in [0.4, 0.5) is 0 Å². The standard InChI is InChI=1S/C19H15NO5S2/c1-3-24-27(22,23)18(20-2)11-15-8-14-9-16-12-26-7-5-4-6-13(16)10-17(14)25-19(15)21/h8-11H,3,5,7,12H2,1H3/b18-11-. The van der Waals surface area contributed by atoms with Crippen LogP contribution in [0.5, 0.6) is 0 Å². The molecule has 0 unspecified atom stereocenters. The molecule has 2 heterocycles. The molecule has 0 spiro atoms. The van der Waals surface area contributed by atoms with Gasteiger partial charge in [0.15, 0.2) is 0 Å². The molecule has 0 atom stereocenters. The van der Waals surface area contributed by atoms with Gasteiger partial charge in [0.25, 0.3) is 0 Å². The molecular weight excluding hydrogens is 386 g/mol. The third kappa shape index (κ3) is 4.25. The normalized spacial score (nSPS) is 14.4. The molecule has 0 N–H and O–H groups in total. The molecule has 1 aromatic heterocycles. The summed E-state index contributed by atoms with van der Waals surface area (Å²) >= 11 is 1.77. The van der Waals surface area contributed by atoms with E-state index in [0.29, 0.717) is 11.0 Å². The maximum Gasteiger partial charge on any atom is 0.342 e. The molecule has 138 valence electrons. The Balaban J connectivity index is 2.15. The molecule has 0 amide bonds. The van der Waals surface area contributed by atoms with Gasteiger partial charge in [-0.25, -0.2) is 18.1 Å². The molecule has 1 aliphatic rings. The van der Waals surface area contributed by atoms with Crippen LogP contribution in [-0.4, -0.2) is 20.8 Å². The lowest BCUT2D eigenvalue weighted by Gasteiger charge is -2.09. The lowest BCUT2D eigenvalue weighted by atomic mass is 10.0. The van der Waals surface area contributed by atoms with Gasteiger partial charge >= 0.3 is 20.8 Å². The summed E-state index contributed by atoms with van der Waals surface area (Å²) in [5.74, 6) is 7.91. The molecule has 27 heavy (non-hydrogen) atoms. The summed E-state index contributed by atoms with van der Waals surface area (Å²) in [6.07, 6.45) is 1.79. The van der Waals surface area contributed by atoms with Crippen LogP contribution in [0.25, 0.3) is 21.9 Å². The summed E-state index contributed by atoms with van der Waals surface area (Å²) in [4.78, 5) is 15.3. The molecule has 0 saturated carbocycles. The number of benzene rings is 1. The largest absolute Gasteiger partial charge is 0.422 e. The van der Waals surface area contributed by atoms with E-state index in [1.165, 1.54) is 13.0 Å². The van der Waals surface area contributed by atoms with E-state index in [4.69, 9.17) is 11.0 Å². The highest BCUT2D eigenvalue weighted by Crippen LogP contribution is 2.25. The maximum atomic E-state index is 12.3. The topological polar surface area (TPSA) is 77.9 Å². The first-order valence-electron chi connectivity index (χ1n) is 8.10. The van der Waals surface area contributed by atoms with Crippen molar-refractivity contribution in [1.82, 2.24) is 0 Å². The van der Waals surface area contributed by atoms with Crippen molar-refractivity contribution in [3.05, 3.63) is 61.8 Å². The van der Waals surface area contributed by atoms with Crippen LogP contribution in [-0.2, 0) is 20.1 Å². The van der Waals surface area contributed by atoms with Crippen LogP contribution in [0.3, 0.4) is 0 Å². The number of hydrogen-bond donors (Lipinski definition) is 0. The van der Waals surface area contributed by atoms with Gasteiger partial charge < -0.3 is 4.42 Å². The van der Waals surface area contributed by atoms with E-state index >= 15 is 0 Å². The monoisotopic (exact) mass is 401 g/mol. The average Bonchev–Trinajstić information content (AvgIpc) is 2.60. The molecule has 6 nitrogen and oxygen atoms in total. The number of thioether (sulfide) groups is 1. The molecule has 0 aliphatic carbocycles. The highest BCUT2D eigenvalue weighted by atomic mass is 32.2. The van der Waals surface area contributed by atoms with Crippen molar-refractivity contribution in [3.8, 4) is 11.8 Å². The lowest BCUT2D eigenvalue weighted by Crippen LogP contribution is -2.09. The van der Waals surface area contributed by atoms with E-state index in [1.54, 1.807) is 17.8 Å². The van der Waals surface area contributed by atoms with E-state index in [0.717, 1.165) is 35.1 Å². The zero-order valence-electron chi connectivity index (χ0n) is 14.4. The van der Waals surface area contributed by atoms with Gasteiger partial charge in [0.05, 0.1) is 18.7 Å². The van der Waals surface area contributed by atoms with Gasteiger partial charge in [0.1, 0.15) is 5.58 Å². The van der Waals surface area contributed by atoms with E-state index < -0.39 is 20.8 Å². The van der Waals surface area contributed by atoms with Gasteiger partial charge in [0.2, 0.25) is 0 Å². The fraction of sp³-hybridized carbons (Fsp3) is 0.263. The molecule has 2 aromatic rings. The van der Waals surface area contributed by atoms with Crippen LogP contribution in [0.15, 0.2) is 32.4 Å². The van der Waals surface area contributed by atoms with Gasteiger partial charge in [-0.3, -0.25) is 4.18 Å². The quantitative estimate of drug-likeness (QED) is 0.338. The predicted octanol–water partition coefficient (Wildman–Crippen LogP) is 3.37. The summed E-state index contributed by atoms with van der Waals surface area (Å²) in [6, 6.07) is 5.13. The Morgan fingerprint density at radius 2 is 2.26 bits per heavy atom. The summed E-state index contributed by atoms with van der Waals surface area (Å²) < 4.78 is 33.9. The van der Waals surface area contributed by atoms with Gasteiger partial charge in [-0.1, -0.05) is 11.8 Å². The molecular formula is C19H15NO5S2. The lowest BCUT2D eigenvalue weighted by molar-refractivity contribution is 0.343. The Bertz CT molecular complexity index is 1190. The van der Waals surface area contributed by atoms with Gasteiger partial charge in [-0.05, 0) is 36.8 Å². The highest BCUT2D eigenvalue weighted by Gasteiger charge is 2.20. The number of rotatable bonds is 4. The second kappa shape index (κ2) is 8.01. The second-order valence-electron chi connectivity index (χ2n) is 5.60. The minimum atomic E-state index is -4.21. The third-order valence-electron chi connectivity index (χ3n) is 3.76. The SMILES string of the molecule is [C-]#[N+]/C(=C/c1cc2cc3c(cc2oc1=O)C#CCCSC3)S(=O)(=O)OCC. The zero-order valence-corrected chi connectivity index (χ0v) is 16.1. The van der Waals surface area contributed by atoms with Crippen LogP contribution >= 0.6 is 11.8 Å². The molecule has 8 heteroatoms. The minimum absolute atomic E-state index is 0.0266. The minimum Gasteiger partial charge on any atom is -0.422 e. The molecule has 0 radical (unpaired) electrons. The highest BCUT2D eigenvalue weighted by molar-refractivity contribution is 7.98. The summed E-state index contributed by atoms with van der Waals surface area (Å²) in [6.45, 7) is 8.49. The number of hydrogen-bond acceptors (Lipinski definition) is 6. The zero-order chi connectivity index (χ0) is 19.4. The van der Waals surface area contributed by atoms with Crippen molar-refractivity contribution >= 4 is 38.9 Å². The van der Waals surface area contributed by atoms with Crippen LogP contribution in [0.1, 0.15) is 30.0 Å². The Hall–Kier alpha value is -2.52. The fourth-order valence-electron chi connectivity index (χ4n) is 2.54. The third-order valence-corrected chi connectivity index (χ3v) is 6.03. The molecule has 1 aromatic carbocycles. The fourth-order valence-corrected chi connectivity index (χ4v) is 4.20. The maximum absolute atomic E-state index is 12.3. The predicted molar refractivity (Wildman–Crippen MR) is 105 cm³/mol. The molecule has 1 aliphatic heterocycles. The van der Waals surface area contributed by atoms with Gasteiger partial charge in [-0.2, -0.15) is 11.8 Å². The summed E-state index contributed by atoms with van der Waals surface area (Å²) in [7, 11) is -4.21. The molecule has 0 saturated heterocycles. The Labute approximate surface area is 161 Å². The van der Waals surface area contributed by atoms with Crippen LogP contribution in [0.2, 0.25) is 0 Å². The first kappa shape index (κ1) is 19.2. The Morgan fingerprint density at radius 1 is 1.44 bits per heavy atom. The smallest absolute Gasteiger partial charge is 0.342 e. The Kier molecular flexibility index (Phi) is 5.71. The van der Waals surface area contributed by atoms with E-state index in [2.05, 4.69) is 20.9 Å². The van der Waals surface area contributed by atoms with E-state index in [1.807, 2.05) is 6.07 Å². The first-order valence-corrected chi connectivity index (χ1v) is 10.7. The van der Waals surface area contributed by atoms with Gasteiger partial charge in [0, 0.05) is 28.9 Å². The van der Waals surface area contributed by atoms with Crippen molar-refractivity contribution in [2.45, 2.75) is 19.1 Å².